The normalized spacial score (nSPS) is 17.3. The van der Waals surface area contributed by atoms with Crippen LogP contribution < -0.4 is 11.2 Å². The minimum Gasteiger partial charge on any atom is -0.456 e. The molecule has 2 aromatic rings. The van der Waals surface area contributed by atoms with E-state index in [2.05, 4.69) is 15.9 Å². The molecule has 0 saturated carbocycles. The van der Waals surface area contributed by atoms with E-state index in [1.54, 1.807) is 32.2 Å². The van der Waals surface area contributed by atoms with Crippen LogP contribution in [0.25, 0.3) is 0 Å². The molecule has 0 N–H and O–H groups in total. The average molecular weight is 457 g/mol. The molecule has 27 heavy (non-hydrogen) atoms. The lowest BCUT2D eigenvalue weighted by molar-refractivity contribution is 0.00739. The number of hydrogen-bond donors (Lipinski definition) is 0. The first-order valence-corrected chi connectivity index (χ1v) is 10.3. The van der Waals surface area contributed by atoms with Crippen molar-refractivity contribution >= 4 is 33.2 Å². The third kappa shape index (κ3) is 4.41. The van der Waals surface area contributed by atoms with Crippen molar-refractivity contribution in [2.45, 2.75) is 52.0 Å². The zero-order chi connectivity index (χ0) is 19.8. The van der Waals surface area contributed by atoms with Crippen LogP contribution in [0.1, 0.15) is 55.1 Å². The highest BCUT2D eigenvalue weighted by molar-refractivity contribution is 9.10. The molecule has 7 nitrogen and oxygen atoms in total. The van der Waals surface area contributed by atoms with Crippen molar-refractivity contribution in [3.05, 3.63) is 53.4 Å². The largest absolute Gasteiger partial charge is 0.456 e. The van der Waals surface area contributed by atoms with Gasteiger partial charge in [-0.15, -0.1) is 11.3 Å². The number of aromatic nitrogens is 2. The predicted octanol–water partition coefficient (Wildman–Crippen LogP) is 3.15. The third-order valence-electron chi connectivity index (χ3n) is 4.03. The fourth-order valence-electron chi connectivity index (χ4n) is 2.85. The molecule has 0 spiro atoms. The van der Waals surface area contributed by atoms with Crippen molar-refractivity contribution in [1.29, 1.82) is 0 Å². The van der Waals surface area contributed by atoms with Crippen LogP contribution in [0, 0.1) is 0 Å². The zero-order valence-electron chi connectivity index (χ0n) is 15.4. The molecule has 0 aliphatic carbocycles. The molecule has 0 bridgehead atoms. The first kappa shape index (κ1) is 20.0. The van der Waals surface area contributed by atoms with Gasteiger partial charge >= 0.3 is 11.7 Å². The lowest BCUT2D eigenvalue weighted by Crippen LogP contribution is -2.41. The monoisotopic (exact) mass is 456 g/mol. The topological polar surface area (TPSA) is 79.5 Å². The Morgan fingerprint density at radius 1 is 1.41 bits per heavy atom. The van der Waals surface area contributed by atoms with Gasteiger partial charge < -0.3 is 9.47 Å². The second kappa shape index (κ2) is 7.73. The molecule has 1 unspecified atom stereocenters. The average Bonchev–Trinajstić information content (AvgIpc) is 3.24. The maximum Gasteiger partial charge on any atom is 0.349 e. The maximum absolute atomic E-state index is 12.9. The second-order valence-electron chi connectivity index (χ2n) is 7.30. The first-order valence-electron chi connectivity index (χ1n) is 8.60. The van der Waals surface area contributed by atoms with Gasteiger partial charge in [0.25, 0.3) is 5.56 Å². The van der Waals surface area contributed by atoms with E-state index in [-0.39, 0.29) is 17.2 Å². The molecule has 1 fully saturated rings. The summed E-state index contributed by atoms with van der Waals surface area (Å²) in [5.74, 6) is -0.463. The van der Waals surface area contributed by atoms with Gasteiger partial charge in [0.1, 0.15) is 16.7 Å². The second-order valence-corrected chi connectivity index (χ2v) is 9.07. The smallest absolute Gasteiger partial charge is 0.349 e. The fraction of sp³-hybridized carbons (Fsp3) is 0.500. The van der Waals surface area contributed by atoms with Crippen molar-refractivity contribution < 1.29 is 14.3 Å². The van der Waals surface area contributed by atoms with Gasteiger partial charge in [-0.05, 0) is 66.6 Å². The summed E-state index contributed by atoms with van der Waals surface area (Å²) in [4.78, 5) is 38.2. The maximum atomic E-state index is 12.9. The summed E-state index contributed by atoms with van der Waals surface area (Å²) < 4.78 is 13.8. The Balaban J connectivity index is 1.98. The van der Waals surface area contributed by atoms with E-state index in [4.69, 9.17) is 9.47 Å². The van der Waals surface area contributed by atoms with Crippen LogP contribution in [0.15, 0.2) is 31.7 Å². The zero-order valence-corrected chi connectivity index (χ0v) is 17.8. The van der Waals surface area contributed by atoms with E-state index >= 15 is 0 Å². The number of esters is 1. The van der Waals surface area contributed by atoms with Gasteiger partial charge in [-0.3, -0.25) is 13.9 Å². The molecule has 3 rings (SSSR count). The first-order chi connectivity index (χ1) is 12.7. The lowest BCUT2D eigenvalue weighted by atomic mass is 10.2. The quantitative estimate of drug-likeness (QED) is 0.660. The number of thiophene rings is 1. The van der Waals surface area contributed by atoms with Gasteiger partial charge in [-0.2, -0.15) is 0 Å². The van der Waals surface area contributed by atoms with Gasteiger partial charge in [-0.25, -0.2) is 9.59 Å². The highest BCUT2D eigenvalue weighted by atomic mass is 79.9. The van der Waals surface area contributed by atoms with Crippen LogP contribution in [0.2, 0.25) is 0 Å². The van der Waals surface area contributed by atoms with E-state index in [0.717, 1.165) is 11.0 Å². The predicted molar refractivity (Wildman–Crippen MR) is 105 cm³/mol. The fourth-order valence-corrected chi connectivity index (χ4v) is 4.07. The summed E-state index contributed by atoms with van der Waals surface area (Å²) in [6.07, 6.45) is 2.67. The Bertz CT molecular complexity index is 963. The number of ether oxygens (including phenoxy) is 2. The Morgan fingerprint density at radius 2 is 2.15 bits per heavy atom. The SMILES string of the molecule is CC(C)(C)OC(=O)c1sccc1Cn1c(=O)c(Br)cn(C2CCCO2)c1=O. The highest BCUT2D eigenvalue weighted by Gasteiger charge is 2.24. The minimum absolute atomic E-state index is 0.0120. The van der Waals surface area contributed by atoms with E-state index in [1.165, 1.54) is 22.1 Å². The van der Waals surface area contributed by atoms with Gasteiger partial charge in [0.2, 0.25) is 0 Å². The van der Waals surface area contributed by atoms with Crippen LogP contribution in [-0.2, 0) is 16.0 Å². The van der Waals surface area contributed by atoms with Crippen molar-refractivity contribution in [3.63, 3.8) is 0 Å². The Labute approximate surface area is 168 Å². The molecule has 1 aliphatic rings. The highest BCUT2D eigenvalue weighted by Crippen LogP contribution is 2.23. The summed E-state index contributed by atoms with van der Waals surface area (Å²) in [6.45, 7) is 5.94. The number of carbonyl (C=O) groups is 1. The number of halogens is 1. The molecule has 0 amide bonds. The van der Waals surface area contributed by atoms with Gasteiger partial charge in [0.15, 0.2) is 0 Å². The van der Waals surface area contributed by atoms with E-state index in [0.29, 0.717) is 23.5 Å². The number of rotatable bonds is 4. The number of carbonyl (C=O) groups excluding carboxylic acids is 1. The molecule has 1 aliphatic heterocycles. The van der Waals surface area contributed by atoms with Crippen LogP contribution >= 0.6 is 27.3 Å². The molecule has 146 valence electrons. The van der Waals surface area contributed by atoms with Gasteiger partial charge in [-0.1, -0.05) is 0 Å². The van der Waals surface area contributed by atoms with Crippen molar-refractivity contribution in [2.24, 2.45) is 0 Å². The molecule has 9 heteroatoms. The molecule has 2 aromatic heterocycles. The van der Waals surface area contributed by atoms with Crippen LogP contribution in [-0.4, -0.2) is 27.3 Å². The molecule has 0 aromatic carbocycles. The van der Waals surface area contributed by atoms with Crippen molar-refractivity contribution in [2.75, 3.05) is 6.61 Å². The summed E-state index contributed by atoms with van der Waals surface area (Å²) in [6, 6.07) is 1.73. The molecule has 1 saturated heterocycles. The van der Waals surface area contributed by atoms with Gasteiger partial charge in [0, 0.05) is 12.8 Å². The number of nitrogens with zero attached hydrogens (tertiary/aromatic N) is 2. The van der Waals surface area contributed by atoms with Gasteiger partial charge in [0.05, 0.1) is 11.0 Å². The summed E-state index contributed by atoms with van der Waals surface area (Å²) in [5.41, 5.74) is -0.963. The van der Waals surface area contributed by atoms with Crippen molar-refractivity contribution in [1.82, 2.24) is 9.13 Å². The van der Waals surface area contributed by atoms with Crippen molar-refractivity contribution in [3.8, 4) is 0 Å². The summed E-state index contributed by atoms with van der Waals surface area (Å²) >= 11 is 4.46. The number of hydrogen-bond acceptors (Lipinski definition) is 6. The van der Waals surface area contributed by atoms with Crippen LogP contribution in [0.4, 0.5) is 0 Å². The molecular formula is C18H21BrN2O5S. The lowest BCUT2D eigenvalue weighted by Gasteiger charge is -2.19. The molecular weight excluding hydrogens is 436 g/mol. The van der Waals surface area contributed by atoms with Crippen LogP contribution in [0.5, 0.6) is 0 Å². The van der Waals surface area contributed by atoms with E-state index < -0.39 is 22.8 Å². The van der Waals surface area contributed by atoms with E-state index in [1.807, 2.05) is 0 Å². The summed E-state index contributed by atoms with van der Waals surface area (Å²) in [7, 11) is 0. The molecule has 3 heterocycles. The minimum atomic E-state index is -0.627. The third-order valence-corrected chi connectivity index (χ3v) is 5.51. The Hall–Kier alpha value is -1.71. The molecule has 0 radical (unpaired) electrons. The summed E-state index contributed by atoms with van der Waals surface area (Å²) in [5, 5.41) is 1.75. The van der Waals surface area contributed by atoms with E-state index in [9.17, 15) is 14.4 Å². The standard InChI is InChI=1S/C18H21BrN2O5S/c1-18(2,3)26-16(23)14-11(6-8-27-14)9-21-15(22)12(19)10-20(17(21)24)13-5-4-7-25-13/h6,8,10,13H,4-5,7,9H2,1-3H3. The Kier molecular flexibility index (Phi) is 5.73. The molecule has 1 atom stereocenters. The van der Waals surface area contributed by atoms with Crippen LogP contribution in [0.3, 0.4) is 0 Å². The Morgan fingerprint density at radius 3 is 2.78 bits per heavy atom.